The maximum absolute atomic E-state index is 13.8. The highest BCUT2D eigenvalue weighted by molar-refractivity contribution is 7.85. The molecule has 0 aromatic heterocycles. The predicted octanol–water partition coefficient (Wildman–Crippen LogP) is 1.60. The van der Waals surface area contributed by atoms with Crippen molar-refractivity contribution in [2.45, 2.75) is 6.42 Å². The third-order valence-electron chi connectivity index (χ3n) is 2.28. The van der Waals surface area contributed by atoms with E-state index in [0.717, 1.165) is 13.4 Å². The third kappa shape index (κ3) is 5.46. The standard InChI is InChI=1S/C13H11F3O6S/c1-20-12-10(15)8(7-9(14)11(12)16)13(17)21-5-3-4-6-22-23(2,18)19/h7H,4,6H2,1-2H3. The topological polar surface area (TPSA) is 78.9 Å². The number of hydrogen-bond acceptors (Lipinski definition) is 6. The summed E-state index contributed by atoms with van der Waals surface area (Å²) in [5.74, 6) is -4.71. The molecule has 0 fully saturated rings. The molecule has 0 N–H and O–H groups in total. The van der Waals surface area contributed by atoms with E-state index < -0.39 is 44.9 Å². The third-order valence-corrected chi connectivity index (χ3v) is 2.88. The maximum Gasteiger partial charge on any atom is 0.355 e. The Bertz CT molecular complexity index is 764. The lowest BCUT2D eigenvalue weighted by molar-refractivity contribution is 0.0683. The minimum Gasteiger partial charge on any atom is -0.491 e. The molecule has 1 aromatic carbocycles. The van der Waals surface area contributed by atoms with Gasteiger partial charge in [-0.2, -0.15) is 12.8 Å². The zero-order valence-electron chi connectivity index (χ0n) is 12.0. The molecule has 0 unspecified atom stereocenters. The van der Waals surface area contributed by atoms with Gasteiger partial charge < -0.3 is 9.47 Å². The molecule has 0 atom stereocenters. The van der Waals surface area contributed by atoms with E-state index >= 15 is 0 Å². The van der Waals surface area contributed by atoms with Crippen molar-refractivity contribution in [2.75, 3.05) is 20.0 Å². The zero-order valence-corrected chi connectivity index (χ0v) is 12.8. The second-order valence-corrected chi connectivity index (χ2v) is 5.66. The maximum atomic E-state index is 13.8. The van der Waals surface area contributed by atoms with Gasteiger partial charge in [0, 0.05) is 6.42 Å². The van der Waals surface area contributed by atoms with Crippen molar-refractivity contribution in [3.05, 3.63) is 29.1 Å². The Morgan fingerprint density at radius 1 is 1.26 bits per heavy atom. The zero-order chi connectivity index (χ0) is 17.6. The van der Waals surface area contributed by atoms with Gasteiger partial charge in [0.05, 0.1) is 20.0 Å². The summed E-state index contributed by atoms with van der Waals surface area (Å²) in [6, 6.07) is 0.309. The molecule has 10 heteroatoms. The van der Waals surface area contributed by atoms with E-state index in [1.54, 1.807) is 0 Å². The molecule has 0 heterocycles. The second kappa shape index (κ2) is 7.85. The highest BCUT2D eigenvalue weighted by Gasteiger charge is 2.24. The largest absolute Gasteiger partial charge is 0.491 e. The first-order valence-corrected chi connectivity index (χ1v) is 7.74. The molecule has 0 saturated heterocycles. The van der Waals surface area contributed by atoms with Crippen LogP contribution in [0, 0.1) is 29.5 Å². The van der Waals surface area contributed by atoms with E-state index in [1.165, 1.54) is 0 Å². The summed E-state index contributed by atoms with van der Waals surface area (Å²) in [5.41, 5.74) is -0.901. The first-order chi connectivity index (χ1) is 10.7. The van der Waals surface area contributed by atoms with Crippen LogP contribution in [0.1, 0.15) is 16.8 Å². The van der Waals surface area contributed by atoms with Gasteiger partial charge >= 0.3 is 5.97 Å². The number of carbonyl (C=O) groups excluding carboxylic acids is 1. The molecular weight excluding hydrogens is 341 g/mol. The first kappa shape index (κ1) is 18.8. The van der Waals surface area contributed by atoms with Gasteiger partial charge in [-0.05, 0) is 6.07 Å². The van der Waals surface area contributed by atoms with E-state index in [1.807, 2.05) is 6.11 Å². The number of methoxy groups -OCH3 is 1. The minimum absolute atomic E-state index is 0.0933. The number of hydrogen-bond donors (Lipinski definition) is 0. The lowest BCUT2D eigenvalue weighted by Gasteiger charge is -2.07. The second-order valence-electron chi connectivity index (χ2n) is 4.01. The van der Waals surface area contributed by atoms with Crippen molar-refractivity contribution < 1.29 is 40.0 Å². The predicted molar refractivity (Wildman–Crippen MR) is 71.5 cm³/mol. The Labute approximate surface area is 130 Å². The van der Waals surface area contributed by atoms with Gasteiger partial charge in [-0.15, -0.1) is 0 Å². The molecule has 0 radical (unpaired) electrons. The van der Waals surface area contributed by atoms with Crippen molar-refractivity contribution in [3.8, 4) is 17.8 Å². The molecule has 0 aliphatic carbocycles. The van der Waals surface area contributed by atoms with Crippen molar-refractivity contribution in [2.24, 2.45) is 0 Å². The van der Waals surface area contributed by atoms with Crippen molar-refractivity contribution >= 4 is 16.1 Å². The number of ether oxygens (including phenoxy) is 2. The molecule has 0 aliphatic rings. The van der Waals surface area contributed by atoms with E-state index in [2.05, 4.69) is 19.6 Å². The van der Waals surface area contributed by atoms with E-state index in [4.69, 9.17) is 0 Å². The Morgan fingerprint density at radius 3 is 2.48 bits per heavy atom. The summed E-state index contributed by atoms with van der Waals surface area (Å²) >= 11 is 0. The van der Waals surface area contributed by atoms with Crippen molar-refractivity contribution in [1.29, 1.82) is 0 Å². The molecule has 0 spiro atoms. The first-order valence-electron chi connectivity index (χ1n) is 5.92. The summed E-state index contributed by atoms with van der Waals surface area (Å²) in [6.45, 7) is -0.267. The van der Waals surface area contributed by atoms with Crippen LogP contribution in [0.4, 0.5) is 13.2 Å². The van der Waals surface area contributed by atoms with Gasteiger partial charge in [0.15, 0.2) is 17.4 Å². The summed E-state index contributed by atoms with van der Waals surface area (Å²) in [4.78, 5) is 11.6. The summed E-state index contributed by atoms with van der Waals surface area (Å²) < 4.78 is 74.5. The van der Waals surface area contributed by atoms with Gasteiger partial charge in [-0.1, -0.05) is 5.92 Å². The molecule has 23 heavy (non-hydrogen) atoms. The van der Waals surface area contributed by atoms with Gasteiger partial charge in [-0.25, -0.2) is 13.6 Å². The van der Waals surface area contributed by atoms with Crippen LogP contribution in [0.5, 0.6) is 5.75 Å². The fourth-order valence-corrected chi connectivity index (χ4v) is 1.73. The molecule has 126 valence electrons. The van der Waals surface area contributed by atoms with Crippen molar-refractivity contribution in [3.63, 3.8) is 0 Å². The lowest BCUT2D eigenvalue weighted by Crippen LogP contribution is -2.09. The smallest absolute Gasteiger partial charge is 0.355 e. The molecule has 0 bridgehead atoms. The number of carbonyl (C=O) groups is 1. The molecule has 1 aromatic rings. The molecule has 6 nitrogen and oxygen atoms in total. The molecule has 0 amide bonds. The van der Waals surface area contributed by atoms with Gasteiger partial charge in [0.25, 0.3) is 10.1 Å². The van der Waals surface area contributed by atoms with Crippen LogP contribution >= 0.6 is 0 Å². The number of rotatable bonds is 5. The van der Waals surface area contributed by atoms with E-state index in [-0.39, 0.29) is 13.0 Å². The highest BCUT2D eigenvalue weighted by atomic mass is 32.2. The average molecular weight is 352 g/mol. The Balaban J connectivity index is 2.75. The van der Waals surface area contributed by atoms with Crippen LogP contribution in [0.25, 0.3) is 0 Å². The van der Waals surface area contributed by atoms with Gasteiger partial charge in [0.1, 0.15) is 11.7 Å². The lowest BCUT2D eigenvalue weighted by atomic mass is 10.2. The Morgan fingerprint density at radius 2 is 1.91 bits per heavy atom. The molecule has 0 saturated carbocycles. The van der Waals surface area contributed by atoms with Gasteiger partial charge in [-0.3, -0.25) is 4.18 Å². The van der Waals surface area contributed by atoms with Gasteiger partial charge in [0.2, 0.25) is 5.82 Å². The van der Waals surface area contributed by atoms with Crippen LogP contribution in [-0.2, 0) is 19.0 Å². The Kier molecular flexibility index (Phi) is 6.41. The number of benzene rings is 1. The van der Waals surface area contributed by atoms with Crippen LogP contribution in [-0.4, -0.2) is 34.4 Å². The fourth-order valence-electron chi connectivity index (χ4n) is 1.34. The number of halogens is 3. The number of esters is 1. The van der Waals surface area contributed by atoms with Crippen LogP contribution < -0.4 is 4.74 Å². The van der Waals surface area contributed by atoms with E-state index in [0.29, 0.717) is 6.07 Å². The minimum atomic E-state index is -3.61. The molecule has 0 aliphatic heterocycles. The summed E-state index contributed by atoms with van der Waals surface area (Å²) in [6.07, 6.45) is 2.62. The summed E-state index contributed by atoms with van der Waals surface area (Å²) in [7, 11) is -2.71. The average Bonchev–Trinajstić information content (AvgIpc) is 2.45. The summed E-state index contributed by atoms with van der Waals surface area (Å²) in [5, 5.41) is 0. The van der Waals surface area contributed by atoms with Crippen LogP contribution in [0.3, 0.4) is 0 Å². The molecular formula is C13H11F3O6S. The van der Waals surface area contributed by atoms with Crippen LogP contribution in [0.15, 0.2) is 6.07 Å². The van der Waals surface area contributed by atoms with E-state index in [9.17, 15) is 26.4 Å². The highest BCUT2D eigenvalue weighted by Crippen LogP contribution is 2.27. The Hall–Kier alpha value is -2.25. The van der Waals surface area contributed by atoms with Crippen LogP contribution in [0.2, 0.25) is 0 Å². The fraction of sp³-hybridized carbons (Fsp3) is 0.308. The quantitative estimate of drug-likeness (QED) is 0.263. The normalized spacial score (nSPS) is 10.7. The molecule has 1 rings (SSSR count). The SMILES string of the molecule is COc1c(F)c(F)cc(C(=O)OC#CCCOS(C)(=O)=O)c1F. The van der Waals surface area contributed by atoms with Crippen molar-refractivity contribution in [1.82, 2.24) is 0 Å². The monoisotopic (exact) mass is 352 g/mol.